The van der Waals surface area contributed by atoms with Gasteiger partial charge in [0.1, 0.15) is 5.60 Å². The van der Waals surface area contributed by atoms with E-state index >= 15 is 0 Å². The number of ether oxygens (including phenoxy) is 1. The van der Waals surface area contributed by atoms with Crippen LogP contribution in [0.2, 0.25) is 0 Å². The Labute approximate surface area is 120 Å². The van der Waals surface area contributed by atoms with Gasteiger partial charge in [0.2, 0.25) is 11.7 Å². The summed E-state index contributed by atoms with van der Waals surface area (Å²) in [6.07, 6.45) is 6.58. The van der Waals surface area contributed by atoms with Crippen LogP contribution in [0.15, 0.2) is 4.52 Å². The number of hydrogen-bond donors (Lipinski definition) is 1. The first-order chi connectivity index (χ1) is 9.57. The Bertz CT molecular complexity index is 409. The van der Waals surface area contributed by atoms with E-state index < -0.39 is 11.7 Å². The maximum atomic E-state index is 9.91. The topological polar surface area (TPSA) is 68.4 Å². The van der Waals surface area contributed by atoms with E-state index in [2.05, 4.69) is 10.1 Å². The summed E-state index contributed by atoms with van der Waals surface area (Å²) in [5.74, 6) is 1.33. The zero-order chi connectivity index (χ0) is 14.6. The normalized spacial score (nSPS) is 20.9. The monoisotopic (exact) mass is 282 g/mol. The molecule has 2 rings (SSSR count). The van der Waals surface area contributed by atoms with Gasteiger partial charge in [-0.25, -0.2) is 0 Å². The third kappa shape index (κ3) is 3.38. The molecule has 0 saturated heterocycles. The lowest BCUT2D eigenvalue weighted by Crippen LogP contribution is -2.29. The van der Waals surface area contributed by atoms with Gasteiger partial charge in [-0.3, -0.25) is 0 Å². The number of aliphatic hydroxyl groups is 1. The molecular formula is C15H26N2O3. The standard InChI is InChI=1S/C15H26N2O3/c1-11(2)12(18)10-13-16-14(17-20-13)15(19-3)8-6-4-5-7-9-15/h11-12,18H,4-10H2,1-3H3. The van der Waals surface area contributed by atoms with Crippen molar-refractivity contribution in [2.75, 3.05) is 7.11 Å². The molecule has 1 aromatic heterocycles. The van der Waals surface area contributed by atoms with Crippen molar-refractivity contribution in [3.05, 3.63) is 11.7 Å². The molecule has 1 aliphatic carbocycles. The molecule has 114 valence electrons. The molecule has 0 aliphatic heterocycles. The minimum Gasteiger partial charge on any atom is -0.392 e. The van der Waals surface area contributed by atoms with Crippen LogP contribution in [0.3, 0.4) is 0 Å². The van der Waals surface area contributed by atoms with Crippen LogP contribution in [0.4, 0.5) is 0 Å². The van der Waals surface area contributed by atoms with E-state index in [0.29, 0.717) is 18.1 Å². The van der Waals surface area contributed by atoms with E-state index in [1.165, 1.54) is 12.8 Å². The summed E-state index contributed by atoms with van der Waals surface area (Å²) >= 11 is 0. The van der Waals surface area contributed by atoms with Crippen LogP contribution in [0.25, 0.3) is 0 Å². The molecule has 1 saturated carbocycles. The summed E-state index contributed by atoms with van der Waals surface area (Å²) in [5, 5.41) is 14.0. The number of rotatable bonds is 5. The Kier molecular flexibility index (Phi) is 5.16. The molecule has 0 spiro atoms. The number of aromatic nitrogens is 2. The molecule has 1 fully saturated rings. The highest BCUT2D eigenvalue weighted by atomic mass is 16.5. The zero-order valence-corrected chi connectivity index (χ0v) is 12.8. The van der Waals surface area contributed by atoms with Gasteiger partial charge in [-0.1, -0.05) is 44.7 Å². The second-order valence-corrected chi connectivity index (χ2v) is 6.14. The van der Waals surface area contributed by atoms with Gasteiger partial charge in [0, 0.05) is 7.11 Å². The molecule has 0 radical (unpaired) electrons. The molecule has 0 aromatic carbocycles. The number of nitrogens with zero attached hydrogens (tertiary/aromatic N) is 2. The largest absolute Gasteiger partial charge is 0.392 e. The quantitative estimate of drug-likeness (QED) is 0.841. The molecule has 1 heterocycles. The molecule has 1 N–H and O–H groups in total. The fourth-order valence-electron chi connectivity index (χ4n) is 2.76. The highest BCUT2D eigenvalue weighted by Gasteiger charge is 2.37. The van der Waals surface area contributed by atoms with Gasteiger partial charge in [0.25, 0.3) is 0 Å². The smallest absolute Gasteiger partial charge is 0.229 e. The minimum absolute atomic E-state index is 0.180. The maximum absolute atomic E-state index is 9.91. The van der Waals surface area contributed by atoms with Crippen LogP contribution in [-0.4, -0.2) is 28.5 Å². The summed E-state index contributed by atoms with van der Waals surface area (Å²) in [7, 11) is 1.73. The Balaban J connectivity index is 2.13. The number of hydrogen-bond acceptors (Lipinski definition) is 5. The van der Waals surface area contributed by atoms with Crippen molar-refractivity contribution in [3.63, 3.8) is 0 Å². The number of methoxy groups -OCH3 is 1. The van der Waals surface area contributed by atoms with Gasteiger partial charge in [-0.05, 0) is 18.8 Å². The summed E-state index contributed by atoms with van der Waals surface area (Å²) in [5.41, 5.74) is -0.402. The lowest BCUT2D eigenvalue weighted by atomic mass is 9.93. The molecule has 5 nitrogen and oxygen atoms in total. The van der Waals surface area contributed by atoms with Gasteiger partial charge in [-0.15, -0.1) is 0 Å². The highest BCUT2D eigenvalue weighted by molar-refractivity contribution is 5.03. The van der Waals surface area contributed by atoms with Gasteiger partial charge < -0.3 is 14.4 Å². The Hall–Kier alpha value is -0.940. The minimum atomic E-state index is -0.448. The molecular weight excluding hydrogens is 256 g/mol. The molecule has 1 aliphatic rings. The molecule has 20 heavy (non-hydrogen) atoms. The van der Waals surface area contributed by atoms with Crippen molar-refractivity contribution < 1.29 is 14.4 Å². The second kappa shape index (κ2) is 6.68. The van der Waals surface area contributed by atoms with Gasteiger partial charge >= 0.3 is 0 Å². The first kappa shape index (κ1) is 15.4. The van der Waals surface area contributed by atoms with Gasteiger partial charge in [0.15, 0.2) is 0 Å². The molecule has 5 heteroatoms. The van der Waals surface area contributed by atoms with Crippen molar-refractivity contribution >= 4 is 0 Å². The Morgan fingerprint density at radius 2 is 1.90 bits per heavy atom. The van der Waals surface area contributed by atoms with E-state index in [1.54, 1.807) is 7.11 Å². The van der Waals surface area contributed by atoms with Crippen LogP contribution < -0.4 is 0 Å². The summed E-state index contributed by atoms with van der Waals surface area (Å²) in [6.45, 7) is 3.95. The predicted molar refractivity (Wildman–Crippen MR) is 75.2 cm³/mol. The molecule has 0 amide bonds. The fourth-order valence-corrected chi connectivity index (χ4v) is 2.76. The van der Waals surface area contributed by atoms with Crippen molar-refractivity contribution in [2.24, 2.45) is 5.92 Å². The highest BCUT2D eigenvalue weighted by Crippen LogP contribution is 2.37. The van der Waals surface area contributed by atoms with Crippen LogP contribution in [0, 0.1) is 5.92 Å². The first-order valence-corrected chi connectivity index (χ1v) is 7.64. The molecule has 0 bridgehead atoms. The third-order valence-corrected chi connectivity index (χ3v) is 4.33. The Morgan fingerprint density at radius 3 is 2.45 bits per heavy atom. The summed E-state index contributed by atoms with van der Waals surface area (Å²) in [4.78, 5) is 4.48. The lowest BCUT2D eigenvalue weighted by Gasteiger charge is -2.27. The first-order valence-electron chi connectivity index (χ1n) is 7.64. The SMILES string of the molecule is COC1(c2noc(CC(O)C(C)C)n2)CCCCCC1. The van der Waals surface area contributed by atoms with Crippen LogP contribution >= 0.6 is 0 Å². The zero-order valence-electron chi connectivity index (χ0n) is 12.8. The maximum Gasteiger partial charge on any atom is 0.229 e. The molecule has 1 aromatic rings. The van der Waals surface area contributed by atoms with Crippen LogP contribution in [-0.2, 0) is 16.8 Å². The predicted octanol–water partition coefficient (Wildman–Crippen LogP) is 2.82. The van der Waals surface area contributed by atoms with E-state index in [0.717, 1.165) is 25.7 Å². The van der Waals surface area contributed by atoms with Crippen LogP contribution in [0.5, 0.6) is 0 Å². The summed E-state index contributed by atoms with van der Waals surface area (Å²) in [6, 6.07) is 0. The van der Waals surface area contributed by atoms with Crippen LogP contribution in [0.1, 0.15) is 64.1 Å². The van der Waals surface area contributed by atoms with Gasteiger partial charge in [-0.2, -0.15) is 4.98 Å². The van der Waals surface area contributed by atoms with E-state index in [4.69, 9.17) is 9.26 Å². The Morgan fingerprint density at radius 1 is 1.25 bits per heavy atom. The lowest BCUT2D eigenvalue weighted by molar-refractivity contribution is -0.0365. The van der Waals surface area contributed by atoms with E-state index in [9.17, 15) is 5.11 Å². The third-order valence-electron chi connectivity index (χ3n) is 4.33. The average molecular weight is 282 g/mol. The second-order valence-electron chi connectivity index (χ2n) is 6.14. The van der Waals surface area contributed by atoms with Crippen molar-refractivity contribution in [3.8, 4) is 0 Å². The molecule has 1 unspecified atom stereocenters. The van der Waals surface area contributed by atoms with Gasteiger partial charge in [0.05, 0.1) is 12.5 Å². The molecule has 1 atom stereocenters. The van der Waals surface area contributed by atoms with Crippen molar-refractivity contribution in [2.45, 2.75) is 70.5 Å². The fraction of sp³-hybridized carbons (Fsp3) is 0.867. The average Bonchev–Trinajstić information content (AvgIpc) is 2.76. The summed E-state index contributed by atoms with van der Waals surface area (Å²) < 4.78 is 11.1. The van der Waals surface area contributed by atoms with Crippen molar-refractivity contribution in [1.82, 2.24) is 10.1 Å². The number of aliphatic hydroxyl groups excluding tert-OH is 1. The van der Waals surface area contributed by atoms with Crippen molar-refractivity contribution in [1.29, 1.82) is 0 Å². The van der Waals surface area contributed by atoms with E-state index in [1.807, 2.05) is 13.8 Å². The van der Waals surface area contributed by atoms with E-state index in [-0.39, 0.29) is 5.92 Å².